The van der Waals surface area contributed by atoms with Gasteiger partial charge in [-0.2, -0.15) is 0 Å². The van der Waals surface area contributed by atoms with Crippen molar-refractivity contribution in [3.05, 3.63) is 18.7 Å². The number of carboxylic acid groups (broad SMARTS) is 2. The lowest BCUT2D eigenvalue weighted by molar-refractivity contribution is -0.758. The molecule has 0 aliphatic carbocycles. The van der Waals surface area contributed by atoms with Crippen LogP contribution < -0.4 is 9.67 Å². The van der Waals surface area contributed by atoms with Crippen LogP contribution in [0, 0.1) is 0 Å². The Labute approximate surface area is 115 Å². The van der Waals surface area contributed by atoms with Crippen LogP contribution in [0.1, 0.15) is 54.4 Å². The van der Waals surface area contributed by atoms with E-state index in [1.54, 1.807) is 0 Å². The number of rotatable bonds is 4. The Morgan fingerprint density at radius 2 is 1.74 bits per heavy atom. The van der Waals surface area contributed by atoms with Crippen LogP contribution >= 0.6 is 0 Å². The quantitative estimate of drug-likeness (QED) is 0.850. The van der Waals surface area contributed by atoms with Crippen molar-refractivity contribution in [3.8, 4) is 0 Å². The van der Waals surface area contributed by atoms with E-state index in [2.05, 4.69) is 69.4 Å². The molecule has 0 aromatic carbocycles. The van der Waals surface area contributed by atoms with Crippen molar-refractivity contribution in [1.29, 1.82) is 0 Å². The first kappa shape index (κ1) is 17.5. The summed E-state index contributed by atoms with van der Waals surface area (Å²) in [6.07, 6.45) is 6.80. The highest BCUT2D eigenvalue weighted by Crippen LogP contribution is 2.19. The minimum Gasteiger partial charge on any atom is -0.565 e. The molecule has 1 aromatic heterocycles. The Bertz CT molecular complexity index is 374. The molecule has 0 aliphatic rings. The molecular formula is C14H26N2O3. The van der Waals surface area contributed by atoms with Crippen LogP contribution in [0.25, 0.3) is 0 Å². The zero-order valence-electron chi connectivity index (χ0n) is 12.8. The van der Waals surface area contributed by atoms with Gasteiger partial charge in [-0.1, -0.05) is 13.8 Å². The second-order valence-corrected chi connectivity index (χ2v) is 5.83. The summed E-state index contributed by atoms with van der Waals surface area (Å²) in [5.74, 6) is 0. The number of imidazole rings is 1. The van der Waals surface area contributed by atoms with E-state index in [0.717, 1.165) is 12.8 Å². The van der Waals surface area contributed by atoms with Crippen LogP contribution in [-0.2, 0) is 11.1 Å². The largest absolute Gasteiger partial charge is 0.565 e. The summed E-state index contributed by atoms with van der Waals surface area (Å²) in [7, 11) is 0. The minimum absolute atomic E-state index is 0.217. The SMILES string of the molecule is CCC(C)(C)n1cc[n+](C(C)(C)CC)c1.O=C([O-])O. The third-order valence-electron chi connectivity index (χ3n) is 3.77. The van der Waals surface area contributed by atoms with Gasteiger partial charge in [-0.25, -0.2) is 9.13 Å². The smallest absolute Gasteiger partial charge is 0.249 e. The number of hydrogen-bond acceptors (Lipinski definition) is 2. The van der Waals surface area contributed by atoms with Gasteiger partial charge in [0.15, 0.2) is 0 Å². The lowest BCUT2D eigenvalue weighted by atomic mass is 10.0. The van der Waals surface area contributed by atoms with Gasteiger partial charge in [0.1, 0.15) is 23.5 Å². The third kappa shape index (κ3) is 5.32. The van der Waals surface area contributed by atoms with Crippen molar-refractivity contribution in [2.45, 2.75) is 65.5 Å². The van der Waals surface area contributed by atoms with Crippen molar-refractivity contribution in [3.63, 3.8) is 0 Å². The molecule has 0 fully saturated rings. The number of carbonyl (C=O) groups is 1. The molecule has 1 N–H and O–H groups in total. The van der Waals surface area contributed by atoms with Crippen molar-refractivity contribution in [2.75, 3.05) is 0 Å². The first-order chi connectivity index (χ1) is 8.56. The molecule has 19 heavy (non-hydrogen) atoms. The second-order valence-electron chi connectivity index (χ2n) is 5.83. The molecule has 0 saturated carbocycles. The Balaban J connectivity index is 0.000000711. The van der Waals surface area contributed by atoms with Gasteiger partial charge in [0.25, 0.3) is 0 Å². The van der Waals surface area contributed by atoms with Gasteiger partial charge >= 0.3 is 0 Å². The molecule has 1 aromatic rings. The maximum absolute atomic E-state index is 8.44. The lowest BCUT2D eigenvalue weighted by Crippen LogP contribution is -2.50. The molecule has 1 heterocycles. The van der Waals surface area contributed by atoms with Crippen molar-refractivity contribution >= 4 is 6.16 Å². The average Bonchev–Trinajstić information content (AvgIpc) is 2.79. The van der Waals surface area contributed by atoms with Crippen molar-refractivity contribution in [1.82, 2.24) is 4.57 Å². The van der Waals surface area contributed by atoms with Crippen LogP contribution in [0.15, 0.2) is 18.7 Å². The molecule has 0 saturated heterocycles. The van der Waals surface area contributed by atoms with E-state index < -0.39 is 6.16 Å². The fourth-order valence-corrected chi connectivity index (χ4v) is 1.44. The van der Waals surface area contributed by atoms with Gasteiger partial charge in [0.05, 0.1) is 0 Å². The number of aromatic nitrogens is 2. The Morgan fingerprint density at radius 3 is 2.11 bits per heavy atom. The first-order valence-electron chi connectivity index (χ1n) is 6.57. The second kappa shape index (κ2) is 6.59. The van der Waals surface area contributed by atoms with Crippen LogP contribution in [-0.4, -0.2) is 15.8 Å². The highest BCUT2D eigenvalue weighted by Gasteiger charge is 2.28. The maximum atomic E-state index is 8.44. The zero-order valence-corrected chi connectivity index (χ0v) is 12.8. The van der Waals surface area contributed by atoms with E-state index in [1.807, 2.05) is 0 Å². The molecule has 5 nitrogen and oxygen atoms in total. The lowest BCUT2D eigenvalue weighted by Gasteiger charge is -2.21. The first-order valence-corrected chi connectivity index (χ1v) is 6.57. The zero-order chi connectivity index (χ0) is 15.3. The fourth-order valence-electron chi connectivity index (χ4n) is 1.44. The summed E-state index contributed by atoms with van der Waals surface area (Å²) in [4.78, 5) is 8.44. The molecule has 0 spiro atoms. The van der Waals surface area contributed by atoms with Crippen molar-refractivity contribution in [2.24, 2.45) is 0 Å². The van der Waals surface area contributed by atoms with Crippen LogP contribution in [0.5, 0.6) is 0 Å². The van der Waals surface area contributed by atoms with E-state index in [1.165, 1.54) is 0 Å². The van der Waals surface area contributed by atoms with E-state index in [9.17, 15) is 0 Å². The summed E-state index contributed by atoms with van der Waals surface area (Å²) >= 11 is 0. The fraction of sp³-hybridized carbons (Fsp3) is 0.714. The molecular weight excluding hydrogens is 244 g/mol. The van der Waals surface area contributed by atoms with E-state index in [0.29, 0.717) is 0 Å². The van der Waals surface area contributed by atoms with Gasteiger partial charge in [0, 0.05) is 0 Å². The van der Waals surface area contributed by atoms with E-state index in [-0.39, 0.29) is 11.1 Å². The van der Waals surface area contributed by atoms with Gasteiger partial charge in [-0.05, 0) is 40.5 Å². The Kier molecular flexibility index (Phi) is 6.06. The molecule has 0 radical (unpaired) electrons. The Morgan fingerprint density at radius 1 is 1.26 bits per heavy atom. The summed E-state index contributed by atoms with van der Waals surface area (Å²) in [6, 6.07) is 0. The molecule has 0 bridgehead atoms. The topological polar surface area (TPSA) is 69.2 Å². The molecule has 5 heteroatoms. The molecule has 0 unspecified atom stereocenters. The van der Waals surface area contributed by atoms with Gasteiger partial charge in [-0.15, -0.1) is 0 Å². The third-order valence-corrected chi connectivity index (χ3v) is 3.77. The Hall–Kier alpha value is -1.52. The van der Waals surface area contributed by atoms with Crippen LogP contribution in [0.3, 0.4) is 0 Å². The molecule has 110 valence electrons. The number of nitrogens with zero attached hydrogens (tertiary/aromatic N) is 2. The summed E-state index contributed by atoms with van der Waals surface area (Å²) in [5.41, 5.74) is 0.435. The minimum atomic E-state index is -2.08. The maximum Gasteiger partial charge on any atom is 0.249 e. The highest BCUT2D eigenvalue weighted by atomic mass is 16.6. The van der Waals surface area contributed by atoms with Crippen LogP contribution in [0.4, 0.5) is 4.79 Å². The normalized spacial score (nSPS) is 11.7. The van der Waals surface area contributed by atoms with Crippen molar-refractivity contribution < 1.29 is 19.6 Å². The van der Waals surface area contributed by atoms with E-state index >= 15 is 0 Å². The van der Waals surface area contributed by atoms with E-state index in [4.69, 9.17) is 15.0 Å². The van der Waals surface area contributed by atoms with Crippen LogP contribution in [0.2, 0.25) is 0 Å². The number of hydrogen-bond donors (Lipinski definition) is 1. The molecule has 0 amide bonds. The predicted octanol–water partition coefficient (Wildman–Crippen LogP) is 1.95. The molecule has 1 rings (SSSR count). The highest BCUT2D eigenvalue weighted by molar-refractivity contribution is 5.50. The van der Waals surface area contributed by atoms with Gasteiger partial charge < -0.3 is 15.0 Å². The predicted molar refractivity (Wildman–Crippen MR) is 71.9 cm³/mol. The van der Waals surface area contributed by atoms with Gasteiger partial charge in [0.2, 0.25) is 12.5 Å². The summed E-state index contributed by atoms with van der Waals surface area (Å²) < 4.78 is 4.62. The summed E-state index contributed by atoms with van der Waals surface area (Å²) in [6.45, 7) is 13.6. The average molecular weight is 270 g/mol. The monoisotopic (exact) mass is 270 g/mol. The standard InChI is InChI=1S/C13H25N2.CH2O3/c1-7-12(3,4)14-9-10-15(11-14)13(5,6)8-2;2-1(3)4/h9-11H,7-8H2,1-6H3;(H2,2,3,4)/q+1;/p-1. The summed E-state index contributed by atoms with van der Waals surface area (Å²) in [5, 5.41) is 15.3. The molecule has 0 aliphatic heterocycles. The molecule has 0 atom stereocenters. The van der Waals surface area contributed by atoms with Gasteiger partial charge in [-0.3, -0.25) is 0 Å².